The lowest BCUT2D eigenvalue weighted by molar-refractivity contribution is 0.0507. The molecule has 0 aromatic carbocycles. The van der Waals surface area contributed by atoms with Gasteiger partial charge in [-0.1, -0.05) is 6.92 Å². The summed E-state index contributed by atoms with van der Waals surface area (Å²) in [6.07, 6.45) is 8.12. The molecular weight excluding hydrogens is 234 g/mol. The Morgan fingerprint density at radius 1 is 1.11 bits per heavy atom. The van der Waals surface area contributed by atoms with Gasteiger partial charge in [-0.3, -0.25) is 9.80 Å². The fourth-order valence-corrected chi connectivity index (χ4v) is 4.89. The molecule has 3 aliphatic rings. The van der Waals surface area contributed by atoms with Gasteiger partial charge in [0.25, 0.3) is 0 Å². The van der Waals surface area contributed by atoms with Gasteiger partial charge in [0.15, 0.2) is 0 Å². The average Bonchev–Trinajstić information content (AvgIpc) is 3.09. The van der Waals surface area contributed by atoms with Gasteiger partial charge in [-0.2, -0.15) is 0 Å². The van der Waals surface area contributed by atoms with Gasteiger partial charge in [-0.25, -0.2) is 0 Å². The van der Waals surface area contributed by atoms with Gasteiger partial charge in [0.05, 0.1) is 0 Å². The lowest BCUT2D eigenvalue weighted by Gasteiger charge is -2.44. The molecule has 2 N–H and O–H groups in total. The van der Waals surface area contributed by atoms with Crippen LogP contribution in [0.3, 0.4) is 0 Å². The molecule has 4 atom stereocenters. The Bertz CT molecular complexity index is 328. The summed E-state index contributed by atoms with van der Waals surface area (Å²) in [5.74, 6) is 0. The van der Waals surface area contributed by atoms with Crippen LogP contribution in [0.25, 0.3) is 0 Å². The smallest absolute Gasteiger partial charge is 0.0479 e. The Morgan fingerprint density at radius 2 is 1.84 bits per heavy atom. The van der Waals surface area contributed by atoms with Crippen molar-refractivity contribution in [3.05, 3.63) is 0 Å². The van der Waals surface area contributed by atoms with Gasteiger partial charge in [-0.15, -0.1) is 0 Å². The first-order valence-electron chi connectivity index (χ1n) is 8.35. The van der Waals surface area contributed by atoms with E-state index in [0.29, 0.717) is 0 Å². The minimum atomic E-state index is 0.262. The lowest BCUT2D eigenvalue weighted by atomic mass is 9.91. The highest BCUT2D eigenvalue weighted by molar-refractivity contribution is 5.10. The van der Waals surface area contributed by atoms with Crippen LogP contribution in [0, 0.1) is 0 Å². The molecule has 0 spiro atoms. The maximum absolute atomic E-state index is 6.30. The van der Waals surface area contributed by atoms with Crippen molar-refractivity contribution in [2.24, 2.45) is 5.73 Å². The molecule has 2 heterocycles. The number of nitrogens with two attached hydrogens (primary N) is 1. The Kier molecular flexibility index (Phi) is 3.65. The normalized spacial score (nSPS) is 45.2. The van der Waals surface area contributed by atoms with Gasteiger partial charge in [-0.05, 0) is 52.4 Å². The second-order valence-corrected chi connectivity index (χ2v) is 7.28. The predicted molar refractivity (Wildman–Crippen MR) is 80.2 cm³/mol. The quantitative estimate of drug-likeness (QED) is 0.846. The van der Waals surface area contributed by atoms with E-state index in [1.165, 1.54) is 45.1 Å². The number of rotatable bonds is 4. The van der Waals surface area contributed by atoms with Crippen LogP contribution < -0.4 is 5.73 Å². The third-order valence-corrected chi connectivity index (χ3v) is 5.92. The third kappa shape index (κ3) is 2.24. The largest absolute Gasteiger partial charge is 0.329 e. The van der Waals surface area contributed by atoms with Gasteiger partial charge >= 0.3 is 0 Å². The van der Waals surface area contributed by atoms with Crippen LogP contribution in [-0.2, 0) is 0 Å². The van der Waals surface area contributed by atoms with Crippen molar-refractivity contribution >= 4 is 0 Å². The Morgan fingerprint density at radius 3 is 2.42 bits per heavy atom. The zero-order chi connectivity index (χ0) is 13.6. The molecule has 4 unspecified atom stereocenters. The van der Waals surface area contributed by atoms with Crippen LogP contribution in [0.15, 0.2) is 0 Å². The summed E-state index contributed by atoms with van der Waals surface area (Å²) in [6.45, 7) is 9.23. The summed E-state index contributed by atoms with van der Waals surface area (Å²) in [4.78, 5) is 5.58. The minimum Gasteiger partial charge on any atom is -0.329 e. The molecule has 0 aromatic heterocycles. The van der Waals surface area contributed by atoms with Crippen LogP contribution in [0.4, 0.5) is 0 Å². The predicted octanol–water partition coefficient (Wildman–Crippen LogP) is 2.20. The SMILES string of the molecule is CCC1CCC(C)N1C1(CN)CC(C)N(C2CC2)C1. The van der Waals surface area contributed by atoms with Gasteiger partial charge < -0.3 is 5.73 Å². The fraction of sp³-hybridized carbons (Fsp3) is 1.00. The maximum atomic E-state index is 6.30. The first kappa shape index (κ1) is 13.8. The Balaban J connectivity index is 1.82. The molecule has 0 bridgehead atoms. The van der Waals surface area contributed by atoms with Crippen LogP contribution in [0.1, 0.15) is 59.3 Å². The molecule has 3 fully saturated rings. The van der Waals surface area contributed by atoms with E-state index in [1.807, 2.05) is 0 Å². The number of likely N-dealkylation sites (tertiary alicyclic amines) is 2. The first-order chi connectivity index (χ1) is 9.11. The second kappa shape index (κ2) is 5.01. The van der Waals surface area contributed by atoms with Crippen molar-refractivity contribution in [1.82, 2.24) is 9.80 Å². The van der Waals surface area contributed by atoms with E-state index in [-0.39, 0.29) is 5.54 Å². The van der Waals surface area contributed by atoms with Crippen molar-refractivity contribution in [3.8, 4) is 0 Å². The van der Waals surface area contributed by atoms with Gasteiger partial charge in [0.1, 0.15) is 0 Å². The molecule has 3 nitrogen and oxygen atoms in total. The first-order valence-corrected chi connectivity index (χ1v) is 8.35. The van der Waals surface area contributed by atoms with E-state index < -0.39 is 0 Å². The average molecular weight is 265 g/mol. The van der Waals surface area contributed by atoms with Gasteiger partial charge in [0, 0.05) is 42.8 Å². The molecular formula is C16H31N3. The molecule has 1 aliphatic carbocycles. The van der Waals surface area contributed by atoms with Crippen molar-refractivity contribution in [2.75, 3.05) is 13.1 Å². The molecule has 3 rings (SSSR count). The van der Waals surface area contributed by atoms with Crippen LogP contribution >= 0.6 is 0 Å². The van der Waals surface area contributed by atoms with Crippen LogP contribution in [-0.4, -0.2) is 52.6 Å². The second-order valence-electron chi connectivity index (χ2n) is 7.28. The van der Waals surface area contributed by atoms with E-state index in [4.69, 9.17) is 5.73 Å². The Hall–Kier alpha value is -0.120. The third-order valence-electron chi connectivity index (χ3n) is 5.92. The molecule has 0 aromatic rings. The number of hydrogen-bond donors (Lipinski definition) is 1. The summed E-state index contributed by atoms with van der Waals surface area (Å²) < 4.78 is 0. The number of nitrogens with zero attached hydrogens (tertiary/aromatic N) is 2. The summed E-state index contributed by atoms with van der Waals surface area (Å²) >= 11 is 0. The van der Waals surface area contributed by atoms with E-state index >= 15 is 0 Å². The standard InChI is InChI=1S/C16H31N3/c1-4-14-6-5-12(2)19(14)16(10-17)9-13(3)18(11-16)15-7-8-15/h12-15H,4-11,17H2,1-3H3. The highest BCUT2D eigenvalue weighted by Crippen LogP contribution is 2.43. The van der Waals surface area contributed by atoms with E-state index in [1.54, 1.807) is 0 Å². The van der Waals surface area contributed by atoms with E-state index in [9.17, 15) is 0 Å². The van der Waals surface area contributed by atoms with Crippen molar-refractivity contribution in [2.45, 2.75) is 89.0 Å². The molecule has 2 aliphatic heterocycles. The van der Waals surface area contributed by atoms with Crippen molar-refractivity contribution in [3.63, 3.8) is 0 Å². The Labute approximate surface area is 118 Å². The highest BCUT2D eigenvalue weighted by Gasteiger charge is 2.52. The zero-order valence-electron chi connectivity index (χ0n) is 12.9. The zero-order valence-corrected chi connectivity index (χ0v) is 12.9. The molecule has 110 valence electrons. The molecule has 0 radical (unpaired) electrons. The molecule has 2 saturated heterocycles. The number of hydrogen-bond acceptors (Lipinski definition) is 3. The molecule has 19 heavy (non-hydrogen) atoms. The summed E-state index contributed by atoms with van der Waals surface area (Å²) in [7, 11) is 0. The van der Waals surface area contributed by atoms with Crippen LogP contribution in [0.2, 0.25) is 0 Å². The fourth-order valence-electron chi connectivity index (χ4n) is 4.89. The van der Waals surface area contributed by atoms with Crippen molar-refractivity contribution in [1.29, 1.82) is 0 Å². The summed E-state index contributed by atoms with van der Waals surface area (Å²) in [5, 5.41) is 0. The molecule has 1 saturated carbocycles. The lowest BCUT2D eigenvalue weighted by Crippen LogP contribution is -2.59. The minimum absolute atomic E-state index is 0.262. The molecule has 0 amide bonds. The highest BCUT2D eigenvalue weighted by atomic mass is 15.4. The van der Waals surface area contributed by atoms with Crippen LogP contribution in [0.5, 0.6) is 0 Å². The summed E-state index contributed by atoms with van der Waals surface area (Å²) in [6, 6.07) is 3.09. The van der Waals surface area contributed by atoms with Crippen molar-refractivity contribution < 1.29 is 0 Å². The summed E-state index contributed by atoms with van der Waals surface area (Å²) in [5.41, 5.74) is 6.57. The topological polar surface area (TPSA) is 32.5 Å². The van der Waals surface area contributed by atoms with E-state index in [0.717, 1.165) is 30.7 Å². The molecule has 3 heteroatoms. The monoisotopic (exact) mass is 265 g/mol. The van der Waals surface area contributed by atoms with Gasteiger partial charge in [0.2, 0.25) is 0 Å². The van der Waals surface area contributed by atoms with E-state index in [2.05, 4.69) is 30.6 Å². The maximum Gasteiger partial charge on any atom is 0.0479 e.